The Kier molecular flexibility index (Phi) is 4.46. The first kappa shape index (κ1) is 16.0. The molecule has 6 heteroatoms. The van der Waals surface area contributed by atoms with E-state index in [1.807, 2.05) is 18.2 Å². The van der Waals surface area contributed by atoms with E-state index in [0.29, 0.717) is 12.2 Å². The van der Waals surface area contributed by atoms with Crippen LogP contribution in [0.25, 0.3) is 0 Å². The van der Waals surface area contributed by atoms with Gasteiger partial charge in [0, 0.05) is 25.6 Å². The number of hydrogen-bond donors (Lipinski definition) is 1. The van der Waals surface area contributed by atoms with Crippen LogP contribution in [0, 0.1) is 5.82 Å². The molecule has 1 heterocycles. The van der Waals surface area contributed by atoms with Gasteiger partial charge in [0.2, 0.25) is 0 Å². The fraction of sp³-hybridized carbons (Fsp3) is 0.222. The maximum atomic E-state index is 13.1. The molecular weight excluding hydrogens is 311 g/mol. The number of ether oxygens (including phenoxy) is 1. The van der Waals surface area contributed by atoms with Gasteiger partial charge in [0.15, 0.2) is 6.10 Å². The fourth-order valence-corrected chi connectivity index (χ4v) is 2.60. The largest absolute Gasteiger partial charge is 0.478 e. The Hall–Kier alpha value is -2.89. The number of nitrogens with zero attached hydrogens (tertiary/aromatic N) is 1. The highest BCUT2D eigenvalue weighted by molar-refractivity contribution is 5.99. The summed E-state index contributed by atoms with van der Waals surface area (Å²) in [5, 5.41) is 2.68. The average molecular weight is 328 g/mol. The van der Waals surface area contributed by atoms with Gasteiger partial charge in [-0.15, -0.1) is 0 Å². The monoisotopic (exact) mass is 328 g/mol. The summed E-state index contributed by atoms with van der Waals surface area (Å²) in [6.07, 6.45) is -0.323. The van der Waals surface area contributed by atoms with Crippen molar-refractivity contribution in [3.8, 4) is 5.75 Å². The van der Waals surface area contributed by atoms with Gasteiger partial charge >= 0.3 is 0 Å². The summed E-state index contributed by atoms with van der Waals surface area (Å²) in [7, 11) is 1.70. The van der Waals surface area contributed by atoms with E-state index in [-0.39, 0.29) is 23.9 Å². The minimum atomic E-state index is -0.655. The second-order valence-corrected chi connectivity index (χ2v) is 5.53. The zero-order valence-corrected chi connectivity index (χ0v) is 13.2. The van der Waals surface area contributed by atoms with Crippen molar-refractivity contribution >= 4 is 17.5 Å². The normalized spacial score (nSPS) is 16.3. The Bertz CT molecular complexity index is 778. The Morgan fingerprint density at radius 3 is 2.83 bits per heavy atom. The molecule has 3 rings (SSSR count). The van der Waals surface area contributed by atoms with Crippen LogP contribution in [0.2, 0.25) is 0 Å². The Balaban J connectivity index is 1.59. The van der Waals surface area contributed by atoms with Crippen LogP contribution in [0.15, 0.2) is 48.5 Å². The van der Waals surface area contributed by atoms with Crippen LogP contribution in [-0.2, 0) is 4.79 Å². The van der Waals surface area contributed by atoms with E-state index in [1.54, 1.807) is 18.0 Å². The van der Waals surface area contributed by atoms with Gasteiger partial charge in [0.05, 0.1) is 5.69 Å². The molecule has 0 saturated heterocycles. The van der Waals surface area contributed by atoms with Crippen molar-refractivity contribution < 1.29 is 18.7 Å². The molecule has 0 spiro atoms. The molecule has 2 aromatic rings. The topological polar surface area (TPSA) is 58.6 Å². The summed E-state index contributed by atoms with van der Waals surface area (Å²) < 4.78 is 18.8. The number of carbonyl (C=O) groups excluding carboxylic acids is 2. The highest BCUT2D eigenvalue weighted by Gasteiger charge is 2.31. The molecule has 1 unspecified atom stereocenters. The lowest BCUT2D eigenvalue weighted by Crippen LogP contribution is -2.45. The Morgan fingerprint density at radius 2 is 2.04 bits per heavy atom. The molecule has 0 radical (unpaired) electrons. The van der Waals surface area contributed by atoms with E-state index in [4.69, 9.17) is 4.74 Å². The van der Waals surface area contributed by atoms with Crippen molar-refractivity contribution in [2.24, 2.45) is 0 Å². The summed E-state index contributed by atoms with van der Waals surface area (Å²) in [5.41, 5.74) is 0.968. The molecule has 124 valence electrons. The van der Waals surface area contributed by atoms with Gasteiger partial charge in [-0.05, 0) is 30.3 Å². The lowest BCUT2D eigenvalue weighted by atomic mass is 10.1. The maximum Gasteiger partial charge on any atom is 0.267 e. The molecule has 1 N–H and O–H groups in total. The number of para-hydroxylation sites is 2. The minimum absolute atomic E-state index is 0.159. The van der Waals surface area contributed by atoms with Gasteiger partial charge in [-0.1, -0.05) is 18.2 Å². The Labute approximate surface area is 139 Å². The number of carbonyl (C=O) groups is 2. The second-order valence-electron chi connectivity index (χ2n) is 5.53. The van der Waals surface area contributed by atoms with E-state index in [2.05, 4.69) is 5.32 Å². The highest BCUT2D eigenvalue weighted by Crippen LogP contribution is 2.33. The van der Waals surface area contributed by atoms with Crippen molar-refractivity contribution in [1.29, 1.82) is 0 Å². The molecule has 0 fully saturated rings. The first-order valence-electron chi connectivity index (χ1n) is 7.63. The predicted molar refractivity (Wildman–Crippen MR) is 87.6 cm³/mol. The first-order chi connectivity index (χ1) is 11.6. The lowest BCUT2D eigenvalue weighted by Gasteiger charge is -2.31. The van der Waals surface area contributed by atoms with E-state index >= 15 is 0 Å². The zero-order valence-electron chi connectivity index (χ0n) is 13.2. The molecule has 1 aliphatic heterocycles. The summed E-state index contributed by atoms with van der Waals surface area (Å²) in [6.45, 7) is 0.252. The molecule has 1 atom stereocenters. The third-order valence-electron chi connectivity index (χ3n) is 3.88. The van der Waals surface area contributed by atoms with E-state index in [0.717, 1.165) is 5.69 Å². The quantitative estimate of drug-likeness (QED) is 0.937. The number of fused-ring (bicyclic) bond motifs is 1. The number of amides is 2. The minimum Gasteiger partial charge on any atom is -0.478 e. The Morgan fingerprint density at radius 1 is 1.25 bits per heavy atom. The average Bonchev–Trinajstić information content (AvgIpc) is 2.59. The number of rotatable bonds is 4. The van der Waals surface area contributed by atoms with Crippen LogP contribution in [0.5, 0.6) is 5.75 Å². The molecular formula is C18H17FN2O3. The number of anilines is 1. The van der Waals surface area contributed by atoms with Gasteiger partial charge in [-0.3, -0.25) is 9.59 Å². The highest BCUT2D eigenvalue weighted by atomic mass is 19.1. The predicted octanol–water partition coefficient (Wildman–Crippen LogP) is 2.37. The van der Waals surface area contributed by atoms with Gasteiger partial charge < -0.3 is 15.0 Å². The van der Waals surface area contributed by atoms with E-state index in [9.17, 15) is 14.0 Å². The number of likely N-dealkylation sites (N-methyl/N-ethyl adjacent to an activating group) is 1. The van der Waals surface area contributed by atoms with E-state index in [1.165, 1.54) is 24.3 Å². The van der Waals surface area contributed by atoms with Crippen LogP contribution in [-0.4, -0.2) is 31.5 Å². The van der Waals surface area contributed by atoms with Crippen LogP contribution >= 0.6 is 0 Å². The van der Waals surface area contributed by atoms with Crippen LogP contribution in [0.3, 0.4) is 0 Å². The summed E-state index contributed by atoms with van der Waals surface area (Å²) in [4.78, 5) is 25.8. The van der Waals surface area contributed by atoms with Crippen molar-refractivity contribution in [3.63, 3.8) is 0 Å². The molecule has 0 aromatic heterocycles. The van der Waals surface area contributed by atoms with Gasteiger partial charge in [0.1, 0.15) is 11.6 Å². The number of hydrogen-bond acceptors (Lipinski definition) is 3. The summed E-state index contributed by atoms with van der Waals surface area (Å²) in [6, 6.07) is 12.7. The third-order valence-corrected chi connectivity index (χ3v) is 3.88. The molecule has 0 aliphatic carbocycles. The van der Waals surface area contributed by atoms with Crippen LogP contribution in [0.4, 0.5) is 10.1 Å². The number of halogens is 1. The number of benzene rings is 2. The van der Waals surface area contributed by atoms with Crippen molar-refractivity contribution in [1.82, 2.24) is 5.32 Å². The van der Waals surface area contributed by atoms with Crippen LogP contribution in [0.1, 0.15) is 16.8 Å². The molecule has 1 aliphatic rings. The lowest BCUT2D eigenvalue weighted by molar-refractivity contribution is -0.126. The van der Waals surface area contributed by atoms with Crippen molar-refractivity contribution in [2.45, 2.75) is 12.5 Å². The van der Waals surface area contributed by atoms with Crippen LogP contribution < -0.4 is 15.0 Å². The van der Waals surface area contributed by atoms with Gasteiger partial charge in [-0.25, -0.2) is 4.39 Å². The fourth-order valence-electron chi connectivity index (χ4n) is 2.60. The SMILES string of the molecule is CN1C(=O)C(CCNC(=O)c2cccc(F)c2)Oc2ccccc21. The molecule has 2 amide bonds. The third kappa shape index (κ3) is 3.22. The number of nitrogens with one attached hydrogen (secondary N) is 1. The van der Waals surface area contributed by atoms with Crippen molar-refractivity contribution in [3.05, 3.63) is 59.9 Å². The standard InChI is InChI=1S/C18H17FN2O3/c1-21-14-7-2-3-8-15(14)24-16(18(21)23)9-10-20-17(22)12-5-4-6-13(19)11-12/h2-8,11,16H,9-10H2,1H3,(H,20,22). The van der Waals surface area contributed by atoms with E-state index < -0.39 is 11.9 Å². The first-order valence-corrected chi connectivity index (χ1v) is 7.63. The summed E-state index contributed by atoms with van der Waals surface area (Å²) in [5.74, 6) is -0.368. The van der Waals surface area contributed by atoms with Gasteiger partial charge in [-0.2, -0.15) is 0 Å². The molecule has 5 nitrogen and oxygen atoms in total. The zero-order chi connectivity index (χ0) is 17.1. The molecule has 24 heavy (non-hydrogen) atoms. The summed E-state index contributed by atoms with van der Waals surface area (Å²) >= 11 is 0. The molecule has 0 saturated carbocycles. The molecule has 0 bridgehead atoms. The maximum absolute atomic E-state index is 13.1. The smallest absolute Gasteiger partial charge is 0.267 e. The van der Waals surface area contributed by atoms with Crippen molar-refractivity contribution in [2.75, 3.05) is 18.5 Å². The molecule has 2 aromatic carbocycles. The van der Waals surface area contributed by atoms with Gasteiger partial charge in [0.25, 0.3) is 11.8 Å². The second kappa shape index (κ2) is 6.70.